The fourth-order valence-corrected chi connectivity index (χ4v) is 8.06. The first-order valence-electron chi connectivity index (χ1n) is 19.7. The van der Waals surface area contributed by atoms with E-state index in [1.54, 1.807) is 9.80 Å². The van der Waals surface area contributed by atoms with Crippen molar-refractivity contribution in [3.8, 4) is 23.0 Å². The van der Waals surface area contributed by atoms with Crippen LogP contribution in [0.2, 0.25) is 0 Å². The van der Waals surface area contributed by atoms with Gasteiger partial charge in [-0.05, 0) is 71.1 Å². The summed E-state index contributed by atoms with van der Waals surface area (Å²) in [6.07, 6.45) is 1.14. The van der Waals surface area contributed by atoms with Gasteiger partial charge < -0.3 is 29.5 Å². The molecule has 4 atom stereocenters. The lowest BCUT2D eigenvalue weighted by atomic mass is 9.55. The quantitative estimate of drug-likeness (QED) is 0.0993. The number of fused-ring (bicyclic) bond motifs is 2. The summed E-state index contributed by atoms with van der Waals surface area (Å²) < 4.78 is 12.4. The number of hydrogen-bond acceptors (Lipinski definition) is 6. The van der Waals surface area contributed by atoms with Crippen LogP contribution in [0.1, 0.15) is 37.8 Å². The molecule has 2 N–H and O–H groups in total. The van der Waals surface area contributed by atoms with Gasteiger partial charge in [0.2, 0.25) is 11.8 Å². The average Bonchev–Trinajstić information content (AvgIpc) is 3.21. The van der Waals surface area contributed by atoms with Gasteiger partial charge in [0.1, 0.15) is 23.0 Å². The third kappa shape index (κ3) is 8.37. The summed E-state index contributed by atoms with van der Waals surface area (Å²) in [7, 11) is 0. The van der Waals surface area contributed by atoms with Crippen molar-refractivity contribution in [2.75, 3.05) is 13.1 Å². The van der Waals surface area contributed by atoms with Crippen LogP contribution in [-0.4, -0.2) is 56.9 Å². The molecule has 6 aromatic carbocycles. The molecule has 0 spiro atoms. The van der Waals surface area contributed by atoms with Gasteiger partial charge in [0, 0.05) is 37.0 Å². The Kier molecular flexibility index (Phi) is 12.0. The molecule has 0 aromatic heterocycles. The maximum absolute atomic E-state index is 14.4. The number of rotatable bonds is 16. The molecule has 1 fully saturated rings. The van der Waals surface area contributed by atoms with Gasteiger partial charge in [-0.25, -0.2) is 0 Å². The summed E-state index contributed by atoms with van der Waals surface area (Å²) in [5.74, 6) is -7.08. The van der Waals surface area contributed by atoms with Crippen molar-refractivity contribution in [1.82, 2.24) is 9.80 Å². The van der Waals surface area contributed by atoms with Crippen LogP contribution in [0.3, 0.4) is 0 Å². The van der Waals surface area contributed by atoms with E-state index in [4.69, 9.17) is 9.47 Å². The van der Waals surface area contributed by atoms with Gasteiger partial charge in [0.25, 0.3) is 0 Å². The Labute approximate surface area is 337 Å². The van der Waals surface area contributed by atoms with Crippen molar-refractivity contribution in [3.05, 3.63) is 145 Å². The smallest absolute Gasteiger partial charge is 0.308 e. The van der Waals surface area contributed by atoms with E-state index in [1.807, 2.05) is 147 Å². The molecule has 1 aliphatic carbocycles. The van der Waals surface area contributed by atoms with E-state index in [2.05, 4.69) is 0 Å². The van der Waals surface area contributed by atoms with E-state index in [0.29, 0.717) is 48.9 Å². The molecule has 1 saturated carbocycles. The van der Waals surface area contributed by atoms with Gasteiger partial charge in [0.05, 0.1) is 23.7 Å². The average molecular weight is 779 g/mol. The maximum Gasteiger partial charge on any atom is 0.308 e. The number of nitrogens with zero attached hydrogens (tertiary/aromatic N) is 2. The molecule has 2 amide bonds. The van der Waals surface area contributed by atoms with Crippen LogP contribution in [0.15, 0.2) is 133 Å². The maximum atomic E-state index is 14.4. The minimum atomic E-state index is -1.55. The van der Waals surface area contributed by atoms with Crippen LogP contribution in [0, 0.1) is 23.7 Å². The lowest BCUT2D eigenvalue weighted by Gasteiger charge is -2.48. The summed E-state index contributed by atoms with van der Waals surface area (Å²) in [6.45, 7) is 4.69. The van der Waals surface area contributed by atoms with Gasteiger partial charge >= 0.3 is 11.9 Å². The molecule has 6 aromatic rings. The predicted molar refractivity (Wildman–Crippen MR) is 222 cm³/mol. The zero-order valence-corrected chi connectivity index (χ0v) is 32.5. The summed E-state index contributed by atoms with van der Waals surface area (Å²) >= 11 is 0. The second-order valence-electron chi connectivity index (χ2n) is 14.7. The molecule has 296 valence electrons. The van der Waals surface area contributed by atoms with Crippen molar-refractivity contribution in [3.63, 3.8) is 0 Å². The van der Waals surface area contributed by atoms with Gasteiger partial charge in [-0.3, -0.25) is 19.2 Å². The first kappa shape index (κ1) is 39.6. The Morgan fingerprint density at radius 3 is 1.21 bits per heavy atom. The summed E-state index contributed by atoms with van der Waals surface area (Å²) in [6, 6.07) is 42.2. The number of carbonyl (C=O) groups is 4. The zero-order valence-electron chi connectivity index (χ0n) is 32.5. The lowest BCUT2D eigenvalue weighted by molar-refractivity contribution is -0.187. The summed E-state index contributed by atoms with van der Waals surface area (Å²) in [5.41, 5.74) is 1.55. The van der Waals surface area contributed by atoms with Crippen molar-refractivity contribution in [1.29, 1.82) is 0 Å². The molecule has 58 heavy (non-hydrogen) atoms. The minimum Gasteiger partial charge on any atom is -0.481 e. The predicted octanol–water partition coefficient (Wildman–Crippen LogP) is 9.40. The third-order valence-electron chi connectivity index (χ3n) is 10.8. The number of ether oxygens (including phenoxy) is 2. The monoisotopic (exact) mass is 778 g/mol. The van der Waals surface area contributed by atoms with E-state index in [1.165, 1.54) is 0 Å². The Morgan fingerprint density at radius 1 is 0.483 bits per heavy atom. The number of carboxylic acid groups (broad SMARTS) is 2. The zero-order chi connectivity index (χ0) is 40.8. The van der Waals surface area contributed by atoms with Crippen LogP contribution in [0.5, 0.6) is 23.0 Å². The topological polar surface area (TPSA) is 134 Å². The number of carbonyl (C=O) groups excluding carboxylic acids is 2. The first-order valence-corrected chi connectivity index (χ1v) is 19.7. The Balaban J connectivity index is 1.08. The molecule has 0 bridgehead atoms. The van der Waals surface area contributed by atoms with Gasteiger partial charge in [-0.1, -0.05) is 111 Å². The number of hydrogen-bond donors (Lipinski definition) is 2. The second kappa shape index (κ2) is 17.6. The highest BCUT2D eigenvalue weighted by Gasteiger charge is 2.64. The number of aliphatic carboxylic acids is 2. The molecular weight excluding hydrogens is 733 g/mol. The number of benzene rings is 6. The summed E-state index contributed by atoms with van der Waals surface area (Å²) in [4.78, 5) is 57.2. The fraction of sp³-hybridized carbons (Fsp3) is 0.250. The van der Waals surface area contributed by atoms with Crippen LogP contribution in [0.4, 0.5) is 0 Å². The van der Waals surface area contributed by atoms with Crippen molar-refractivity contribution in [2.24, 2.45) is 23.7 Å². The SMILES string of the molecule is CCCN(Cc1ccc(Oc2cccc3ccccc23)cc1)C(=O)C1C(C(=O)O)C(C(=O)O)C1C(=O)N(CCC)Cc1ccc(Oc2cccc3ccccc23)cc1. The molecule has 10 heteroatoms. The highest BCUT2D eigenvalue weighted by atomic mass is 16.5. The lowest BCUT2D eigenvalue weighted by Crippen LogP contribution is -2.64. The van der Waals surface area contributed by atoms with Crippen LogP contribution in [0.25, 0.3) is 21.5 Å². The molecule has 0 heterocycles. The summed E-state index contributed by atoms with van der Waals surface area (Å²) in [5, 5.41) is 24.6. The molecule has 1 aliphatic rings. The molecule has 0 radical (unpaired) electrons. The number of carboxylic acids is 2. The second-order valence-corrected chi connectivity index (χ2v) is 14.7. The normalized spacial score (nSPS) is 17.3. The minimum absolute atomic E-state index is 0.147. The third-order valence-corrected chi connectivity index (χ3v) is 10.8. The molecule has 0 aliphatic heterocycles. The molecule has 10 nitrogen and oxygen atoms in total. The molecular formula is C48H46N2O8. The van der Waals surface area contributed by atoms with Gasteiger partial charge in [-0.2, -0.15) is 0 Å². The van der Waals surface area contributed by atoms with E-state index >= 15 is 0 Å². The van der Waals surface area contributed by atoms with E-state index in [-0.39, 0.29) is 13.1 Å². The van der Waals surface area contributed by atoms with Crippen molar-refractivity contribution >= 4 is 45.3 Å². The Morgan fingerprint density at radius 2 is 0.845 bits per heavy atom. The van der Waals surface area contributed by atoms with Crippen LogP contribution >= 0.6 is 0 Å². The standard InChI is InChI=1S/C48H46N2O8/c1-3-27-49(29-31-19-23-35(24-20-31)57-39-17-9-13-33-11-5-7-15-37(33)39)45(51)41-42(44(48(55)56)43(41)47(53)54)46(52)50(28-4-2)30-32-21-25-36(26-22-32)58-40-18-10-14-34-12-6-8-16-38(34)40/h5-26,41-44H,3-4,27-30H2,1-2H3,(H,53,54)(H,55,56). The highest BCUT2D eigenvalue weighted by molar-refractivity contribution is 6.00. The molecule has 0 saturated heterocycles. The van der Waals surface area contributed by atoms with Crippen molar-refractivity contribution < 1.29 is 38.9 Å². The van der Waals surface area contributed by atoms with E-state index in [0.717, 1.165) is 32.7 Å². The largest absolute Gasteiger partial charge is 0.481 e. The highest BCUT2D eigenvalue weighted by Crippen LogP contribution is 2.49. The number of amides is 2. The van der Waals surface area contributed by atoms with Gasteiger partial charge in [0.15, 0.2) is 0 Å². The van der Waals surface area contributed by atoms with E-state index < -0.39 is 47.4 Å². The van der Waals surface area contributed by atoms with E-state index in [9.17, 15) is 29.4 Å². The molecule has 7 rings (SSSR count). The Hall–Kier alpha value is -6.68. The van der Waals surface area contributed by atoms with Crippen LogP contribution < -0.4 is 9.47 Å². The van der Waals surface area contributed by atoms with Crippen LogP contribution in [-0.2, 0) is 32.3 Å². The van der Waals surface area contributed by atoms with Gasteiger partial charge in [-0.15, -0.1) is 0 Å². The first-order chi connectivity index (χ1) is 28.2. The van der Waals surface area contributed by atoms with Crippen molar-refractivity contribution in [2.45, 2.75) is 39.8 Å². The Bertz CT molecular complexity index is 2250. The molecule has 4 unspecified atom stereocenters. The fourth-order valence-electron chi connectivity index (χ4n) is 8.06.